The lowest BCUT2D eigenvalue weighted by Crippen LogP contribution is -2.45. The van der Waals surface area contributed by atoms with Crippen LogP contribution in [-0.2, 0) is 14.3 Å². The summed E-state index contributed by atoms with van der Waals surface area (Å²) in [5.41, 5.74) is -0.905. The molecule has 24 heavy (non-hydrogen) atoms. The van der Waals surface area contributed by atoms with Gasteiger partial charge in [-0.05, 0) is 25.5 Å². The molecule has 0 saturated carbocycles. The standard InChI is InChI=1S/C17H20ClNO5/c1-11(24-14-5-3-2-4-13(14)18)15(20)19-8-12-9-23-7-6-17(12,10-19)16(21)22/h2-5,11-12H,6-10H2,1H3,(H,21,22)/t11?,12-,17+/m0/s1. The lowest BCUT2D eigenvalue weighted by Gasteiger charge is -2.33. The number of carboxylic acid groups (broad SMARTS) is 1. The quantitative estimate of drug-likeness (QED) is 0.896. The molecule has 3 rings (SSSR count). The fourth-order valence-electron chi connectivity index (χ4n) is 3.51. The second-order valence-electron chi connectivity index (χ2n) is 6.39. The number of carbonyl (C=O) groups excluding carboxylic acids is 1. The summed E-state index contributed by atoms with van der Waals surface area (Å²) in [6, 6.07) is 6.95. The maximum atomic E-state index is 12.7. The molecular formula is C17H20ClNO5. The first-order valence-corrected chi connectivity index (χ1v) is 8.33. The Labute approximate surface area is 145 Å². The summed E-state index contributed by atoms with van der Waals surface area (Å²) in [5, 5.41) is 10.1. The molecule has 6 nitrogen and oxygen atoms in total. The van der Waals surface area contributed by atoms with Crippen LogP contribution < -0.4 is 4.74 Å². The molecule has 1 aromatic rings. The molecule has 1 unspecified atom stereocenters. The Morgan fingerprint density at radius 2 is 2.21 bits per heavy atom. The van der Waals surface area contributed by atoms with Gasteiger partial charge in [0.2, 0.25) is 0 Å². The molecule has 0 radical (unpaired) electrons. The highest BCUT2D eigenvalue weighted by Gasteiger charge is 2.55. The molecule has 2 fully saturated rings. The number of fused-ring (bicyclic) bond motifs is 1. The highest BCUT2D eigenvalue weighted by Crippen LogP contribution is 2.42. The number of carbonyl (C=O) groups is 2. The fourth-order valence-corrected chi connectivity index (χ4v) is 3.69. The topological polar surface area (TPSA) is 76.1 Å². The number of hydrogen-bond donors (Lipinski definition) is 1. The van der Waals surface area contributed by atoms with Crippen LogP contribution in [-0.4, -0.2) is 54.3 Å². The van der Waals surface area contributed by atoms with E-state index in [1.54, 1.807) is 36.1 Å². The zero-order valence-corrected chi connectivity index (χ0v) is 14.2. The number of ether oxygens (including phenoxy) is 2. The van der Waals surface area contributed by atoms with Crippen LogP contribution in [0.3, 0.4) is 0 Å². The molecule has 0 aliphatic carbocycles. The Kier molecular flexibility index (Phi) is 4.69. The van der Waals surface area contributed by atoms with Gasteiger partial charge in [0.05, 0.1) is 17.0 Å². The van der Waals surface area contributed by atoms with E-state index in [4.69, 9.17) is 21.1 Å². The Morgan fingerprint density at radius 1 is 1.46 bits per heavy atom. The molecule has 7 heteroatoms. The third-order valence-electron chi connectivity index (χ3n) is 4.93. The van der Waals surface area contributed by atoms with Gasteiger partial charge in [-0.15, -0.1) is 0 Å². The summed E-state index contributed by atoms with van der Waals surface area (Å²) in [6.07, 6.45) is -0.312. The van der Waals surface area contributed by atoms with Gasteiger partial charge in [0.1, 0.15) is 5.75 Å². The predicted octanol–water partition coefficient (Wildman–Crippen LogP) is 2.06. The van der Waals surface area contributed by atoms with Crippen LogP contribution >= 0.6 is 11.6 Å². The number of nitrogens with zero attached hydrogens (tertiary/aromatic N) is 1. The number of benzene rings is 1. The number of likely N-dealkylation sites (tertiary alicyclic amines) is 1. The first-order valence-electron chi connectivity index (χ1n) is 7.95. The normalized spacial score (nSPS) is 27.4. The Hall–Kier alpha value is -1.79. The molecule has 2 aliphatic heterocycles. The van der Waals surface area contributed by atoms with Crippen LogP contribution in [0.4, 0.5) is 0 Å². The number of hydrogen-bond acceptors (Lipinski definition) is 4. The van der Waals surface area contributed by atoms with E-state index in [9.17, 15) is 14.7 Å². The van der Waals surface area contributed by atoms with E-state index in [1.807, 2.05) is 0 Å². The van der Waals surface area contributed by atoms with E-state index >= 15 is 0 Å². The Bertz CT molecular complexity index is 652. The molecule has 2 aliphatic rings. The highest BCUT2D eigenvalue weighted by molar-refractivity contribution is 6.32. The summed E-state index contributed by atoms with van der Waals surface area (Å²) in [6.45, 7) is 3.01. The van der Waals surface area contributed by atoms with E-state index in [-0.39, 0.29) is 18.4 Å². The first-order chi connectivity index (χ1) is 11.4. The number of rotatable bonds is 4. The van der Waals surface area contributed by atoms with Gasteiger partial charge >= 0.3 is 5.97 Å². The minimum atomic E-state index is -0.905. The molecule has 3 atom stereocenters. The SMILES string of the molecule is CC(Oc1ccccc1Cl)C(=O)N1C[C@H]2COCC[C@@]2(C(=O)O)C1. The van der Waals surface area contributed by atoms with Crippen molar-refractivity contribution < 1.29 is 24.2 Å². The van der Waals surface area contributed by atoms with E-state index in [1.165, 1.54) is 0 Å². The van der Waals surface area contributed by atoms with Gasteiger partial charge in [-0.25, -0.2) is 0 Å². The second kappa shape index (κ2) is 6.61. The van der Waals surface area contributed by atoms with Gasteiger partial charge in [-0.3, -0.25) is 9.59 Å². The van der Waals surface area contributed by atoms with Gasteiger partial charge in [-0.2, -0.15) is 0 Å². The zero-order chi connectivity index (χ0) is 17.3. The van der Waals surface area contributed by atoms with Gasteiger partial charge in [0.15, 0.2) is 6.10 Å². The molecule has 0 bridgehead atoms. The predicted molar refractivity (Wildman–Crippen MR) is 87.1 cm³/mol. The smallest absolute Gasteiger partial charge is 0.311 e. The third kappa shape index (κ3) is 2.96. The minimum absolute atomic E-state index is 0.180. The number of aliphatic carboxylic acids is 1. The van der Waals surface area contributed by atoms with Gasteiger partial charge < -0.3 is 19.5 Å². The van der Waals surface area contributed by atoms with Crippen molar-refractivity contribution in [1.82, 2.24) is 4.90 Å². The largest absolute Gasteiger partial charge is 0.481 e. The highest BCUT2D eigenvalue weighted by atomic mass is 35.5. The summed E-state index contributed by atoms with van der Waals surface area (Å²) in [5.74, 6) is -0.830. The monoisotopic (exact) mass is 353 g/mol. The zero-order valence-electron chi connectivity index (χ0n) is 13.4. The Morgan fingerprint density at radius 3 is 2.88 bits per heavy atom. The molecular weight excluding hydrogens is 334 g/mol. The molecule has 1 aromatic carbocycles. The summed E-state index contributed by atoms with van der Waals surface area (Å²) in [4.78, 5) is 26.1. The molecule has 0 aromatic heterocycles. The lowest BCUT2D eigenvalue weighted by atomic mass is 9.74. The minimum Gasteiger partial charge on any atom is -0.481 e. The van der Waals surface area contributed by atoms with Crippen LogP contribution in [0.25, 0.3) is 0 Å². The third-order valence-corrected chi connectivity index (χ3v) is 5.24. The van der Waals surface area contributed by atoms with Crippen molar-refractivity contribution in [2.24, 2.45) is 11.3 Å². The molecule has 2 heterocycles. The van der Waals surface area contributed by atoms with Gasteiger partial charge in [0.25, 0.3) is 5.91 Å². The average Bonchev–Trinajstić information content (AvgIpc) is 2.97. The van der Waals surface area contributed by atoms with Crippen molar-refractivity contribution in [3.05, 3.63) is 29.3 Å². The number of amides is 1. The van der Waals surface area contributed by atoms with Crippen molar-refractivity contribution in [2.75, 3.05) is 26.3 Å². The number of halogens is 1. The first kappa shape index (κ1) is 17.0. The van der Waals surface area contributed by atoms with Crippen LogP contribution in [0.5, 0.6) is 5.75 Å². The summed E-state index contributed by atoms with van der Waals surface area (Å²) < 4.78 is 11.1. The molecule has 1 N–H and O–H groups in total. The van der Waals surface area contributed by atoms with Crippen molar-refractivity contribution in [3.63, 3.8) is 0 Å². The fraction of sp³-hybridized carbons (Fsp3) is 0.529. The second-order valence-corrected chi connectivity index (χ2v) is 6.80. The molecule has 130 valence electrons. The molecule has 1 amide bonds. The summed E-state index contributed by atoms with van der Waals surface area (Å²) >= 11 is 6.05. The van der Waals surface area contributed by atoms with E-state index in [2.05, 4.69) is 0 Å². The van der Waals surface area contributed by atoms with Crippen LogP contribution in [0.15, 0.2) is 24.3 Å². The van der Waals surface area contributed by atoms with Crippen molar-refractivity contribution >= 4 is 23.5 Å². The van der Waals surface area contributed by atoms with Gasteiger partial charge in [0, 0.05) is 25.6 Å². The molecule has 0 spiro atoms. The van der Waals surface area contributed by atoms with Crippen molar-refractivity contribution in [1.29, 1.82) is 0 Å². The van der Waals surface area contributed by atoms with Crippen LogP contribution in [0.2, 0.25) is 5.02 Å². The average molecular weight is 354 g/mol. The van der Waals surface area contributed by atoms with Crippen molar-refractivity contribution in [3.8, 4) is 5.75 Å². The maximum Gasteiger partial charge on any atom is 0.311 e. The maximum absolute atomic E-state index is 12.7. The van der Waals surface area contributed by atoms with Crippen molar-refractivity contribution in [2.45, 2.75) is 19.4 Å². The lowest BCUT2D eigenvalue weighted by molar-refractivity contribution is -0.157. The van der Waals surface area contributed by atoms with Crippen LogP contribution in [0.1, 0.15) is 13.3 Å². The van der Waals surface area contributed by atoms with Crippen LogP contribution in [0, 0.1) is 11.3 Å². The molecule has 2 saturated heterocycles. The van der Waals surface area contributed by atoms with E-state index < -0.39 is 17.5 Å². The number of para-hydroxylation sites is 1. The number of carboxylic acids is 1. The van der Waals surface area contributed by atoms with E-state index in [0.717, 1.165) is 0 Å². The summed E-state index contributed by atoms with van der Waals surface area (Å²) in [7, 11) is 0. The Balaban J connectivity index is 1.71. The van der Waals surface area contributed by atoms with E-state index in [0.29, 0.717) is 37.0 Å². The van der Waals surface area contributed by atoms with Gasteiger partial charge in [-0.1, -0.05) is 23.7 Å².